The van der Waals surface area contributed by atoms with Crippen LogP contribution in [-0.2, 0) is 14.8 Å². The number of anilines is 2. The lowest BCUT2D eigenvalue weighted by molar-refractivity contribution is -0.114. The van der Waals surface area contributed by atoms with Crippen molar-refractivity contribution in [2.24, 2.45) is 0 Å². The van der Waals surface area contributed by atoms with E-state index in [0.717, 1.165) is 21.0 Å². The molecule has 0 unspecified atom stereocenters. The van der Waals surface area contributed by atoms with Gasteiger partial charge in [-0.2, -0.15) is 0 Å². The van der Waals surface area contributed by atoms with Crippen LogP contribution in [0.15, 0.2) is 65.6 Å². The number of nitrogens with zero attached hydrogens (tertiary/aromatic N) is 1. The molecule has 0 heterocycles. The second-order valence-electron chi connectivity index (χ2n) is 7.68. The van der Waals surface area contributed by atoms with Crippen LogP contribution in [0.3, 0.4) is 0 Å². The minimum absolute atomic E-state index is 0.0132. The molecule has 0 saturated heterocycles. The van der Waals surface area contributed by atoms with Gasteiger partial charge >= 0.3 is 0 Å². The van der Waals surface area contributed by atoms with Crippen LogP contribution in [0, 0.1) is 20.8 Å². The van der Waals surface area contributed by atoms with Gasteiger partial charge in [0.1, 0.15) is 22.9 Å². The van der Waals surface area contributed by atoms with Crippen molar-refractivity contribution < 1.29 is 22.7 Å². The van der Waals surface area contributed by atoms with Crippen molar-refractivity contribution in [3.8, 4) is 11.5 Å². The summed E-state index contributed by atoms with van der Waals surface area (Å²) in [5.41, 5.74) is 3.54. The van der Waals surface area contributed by atoms with Gasteiger partial charge in [0.25, 0.3) is 10.0 Å². The lowest BCUT2D eigenvalue weighted by Crippen LogP contribution is -2.38. The molecule has 0 atom stereocenters. The largest absolute Gasteiger partial charge is 0.497 e. The number of hydrogen-bond acceptors (Lipinski definition) is 5. The van der Waals surface area contributed by atoms with Gasteiger partial charge in [0.05, 0.1) is 19.9 Å². The first-order valence-electron chi connectivity index (χ1n) is 10.3. The molecule has 8 heteroatoms. The minimum atomic E-state index is -4.14. The normalized spacial score (nSPS) is 11.1. The van der Waals surface area contributed by atoms with Gasteiger partial charge in [-0.3, -0.25) is 9.10 Å². The maximum atomic E-state index is 13.8. The summed E-state index contributed by atoms with van der Waals surface area (Å²) in [6.07, 6.45) is 0. The van der Waals surface area contributed by atoms with Crippen molar-refractivity contribution in [3.63, 3.8) is 0 Å². The molecule has 0 aromatic heterocycles. The average molecular weight is 469 g/mol. The van der Waals surface area contributed by atoms with Gasteiger partial charge in [0.2, 0.25) is 5.91 Å². The zero-order valence-corrected chi connectivity index (χ0v) is 20.2. The Bertz CT molecular complexity index is 1230. The molecule has 1 N–H and O–H groups in total. The molecule has 0 fully saturated rings. The number of hydrogen-bond donors (Lipinski definition) is 1. The van der Waals surface area contributed by atoms with E-state index in [-0.39, 0.29) is 10.6 Å². The Morgan fingerprint density at radius 1 is 0.909 bits per heavy atom. The summed E-state index contributed by atoms with van der Waals surface area (Å²) in [6.45, 7) is 5.15. The van der Waals surface area contributed by atoms with E-state index in [1.807, 2.05) is 32.0 Å². The first-order chi connectivity index (χ1) is 15.7. The SMILES string of the molecule is COc1ccc(N(CC(=O)Nc2c(C)cccc2C)S(=O)(=O)c2cc(C)ccc2OC)cc1. The van der Waals surface area contributed by atoms with Gasteiger partial charge in [0, 0.05) is 5.69 Å². The zero-order valence-electron chi connectivity index (χ0n) is 19.4. The van der Waals surface area contributed by atoms with Crippen molar-refractivity contribution in [2.75, 3.05) is 30.4 Å². The van der Waals surface area contributed by atoms with Gasteiger partial charge in [-0.15, -0.1) is 0 Å². The van der Waals surface area contributed by atoms with Crippen LogP contribution in [0.1, 0.15) is 16.7 Å². The van der Waals surface area contributed by atoms with Crippen molar-refractivity contribution in [3.05, 3.63) is 77.4 Å². The van der Waals surface area contributed by atoms with Crippen LogP contribution in [0.2, 0.25) is 0 Å². The lowest BCUT2D eigenvalue weighted by Gasteiger charge is -2.25. The number of methoxy groups -OCH3 is 2. The predicted octanol–water partition coefficient (Wildman–Crippen LogP) is 4.46. The summed E-state index contributed by atoms with van der Waals surface area (Å²) >= 11 is 0. The number of para-hydroxylation sites is 1. The van der Waals surface area contributed by atoms with Crippen LogP contribution in [0.4, 0.5) is 11.4 Å². The molecule has 3 aromatic rings. The highest BCUT2D eigenvalue weighted by atomic mass is 32.2. The van der Waals surface area contributed by atoms with Gasteiger partial charge < -0.3 is 14.8 Å². The summed E-state index contributed by atoms with van der Waals surface area (Å²) in [7, 11) is -1.20. The van der Waals surface area contributed by atoms with E-state index >= 15 is 0 Å². The van der Waals surface area contributed by atoms with Crippen molar-refractivity contribution in [2.45, 2.75) is 25.7 Å². The Morgan fingerprint density at radius 2 is 1.55 bits per heavy atom. The number of rotatable bonds is 8. The van der Waals surface area contributed by atoms with Crippen molar-refractivity contribution >= 4 is 27.3 Å². The van der Waals surface area contributed by atoms with E-state index in [1.165, 1.54) is 20.3 Å². The Kier molecular flexibility index (Phi) is 7.28. The molecule has 0 bridgehead atoms. The smallest absolute Gasteiger partial charge is 0.268 e. The molecule has 174 valence electrons. The highest BCUT2D eigenvalue weighted by Gasteiger charge is 2.30. The molecular formula is C25H28N2O5S. The molecule has 1 amide bonds. The number of benzene rings is 3. The van der Waals surface area contributed by atoms with E-state index in [9.17, 15) is 13.2 Å². The number of sulfonamides is 1. The Morgan fingerprint density at radius 3 is 2.12 bits per heavy atom. The highest BCUT2D eigenvalue weighted by molar-refractivity contribution is 7.93. The molecule has 0 aliphatic rings. The maximum Gasteiger partial charge on any atom is 0.268 e. The average Bonchev–Trinajstić information content (AvgIpc) is 2.80. The first-order valence-corrected chi connectivity index (χ1v) is 11.8. The monoisotopic (exact) mass is 468 g/mol. The van der Waals surface area contributed by atoms with Crippen LogP contribution < -0.4 is 19.1 Å². The van der Waals surface area contributed by atoms with Crippen molar-refractivity contribution in [1.29, 1.82) is 0 Å². The molecule has 0 spiro atoms. The standard InChI is InChI=1S/C25H28N2O5S/c1-17-9-14-22(32-5)23(15-17)33(29,30)27(20-10-12-21(31-4)13-11-20)16-24(28)26-25-18(2)7-6-8-19(25)3/h6-15H,16H2,1-5H3,(H,26,28). The molecule has 7 nitrogen and oxygen atoms in total. The number of ether oxygens (including phenoxy) is 2. The number of carbonyl (C=O) groups excluding carboxylic acids is 1. The number of amides is 1. The Balaban J connectivity index is 2.04. The zero-order chi connectivity index (χ0) is 24.2. The van der Waals surface area contributed by atoms with E-state index in [0.29, 0.717) is 17.1 Å². The molecule has 0 aliphatic heterocycles. The van der Waals surface area contributed by atoms with Gasteiger partial charge in [-0.1, -0.05) is 24.3 Å². The van der Waals surface area contributed by atoms with Crippen LogP contribution >= 0.6 is 0 Å². The maximum absolute atomic E-state index is 13.8. The van der Waals surface area contributed by atoms with Crippen LogP contribution in [0.5, 0.6) is 11.5 Å². The Hall–Kier alpha value is -3.52. The Labute approximate surface area is 195 Å². The summed E-state index contributed by atoms with van der Waals surface area (Å²) in [6, 6.07) is 17.1. The van der Waals surface area contributed by atoms with Gasteiger partial charge in [0.15, 0.2) is 0 Å². The van der Waals surface area contributed by atoms with E-state index in [4.69, 9.17) is 9.47 Å². The van der Waals surface area contributed by atoms with E-state index < -0.39 is 22.5 Å². The number of carbonyl (C=O) groups is 1. The summed E-state index contributed by atoms with van der Waals surface area (Å²) in [4.78, 5) is 13.0. The minimum Gasteiger partial charge on any atom is -0.497 e. The molecule has 0 radical (unpaired) electrons. The second-order valence-corrected chi connectivity index (χ2v) is 9.51. The lowest BCUT2D eigenvalue weighted by atomic mass is 10.1. The molecule has 0 saturated carbocycles. The van der Waals surface area contributed by atoms with E-state index in [2.05, 4.69) is 5.32 Å². The third kappa shape index (κ3) is 5.28. The van der Waals surface area contributed by atoms with Gasteiger partial charge in [-0.25, -0.2) is 8.42 Å². The third-order valence-corrected chi connectivity index (χ3v) is 7.08. The molecule has 33 heavy (non-hydrogen) atoms. The quantitative estimate of drug-likeness (QED) is 0.528. The summed E-state index contributed by atoms with van der Waals surface area (Å²) in [5.74, 6) is 0.317. The predicted molar refractivity (Wildman–Crippen MR) is 130 cm³/mol. The summed E-state index contributed by atoms with van der Waals surface area (Å²) < 4.78 is 39.1. The highest BCUT2D eigenvalue weighted by Crippen LogP contribution is 2.32. The van der Waals surface area contributed by atoms with E-state index in [1.54, 1.807) is 43.3 Å². The number of nitrogens with one attached hydrogen (secondary N) is 1. The molecule has 3 rings (SSSR count). The van der Waals surface area contributed by atoms with Gasteiger partial charge in [-0.05, 0) is 73.9 Å². The fourth-order valence-corrected chi connectivity index (χ4v) is 5.15. The fourth-order valence-electron chi connectivity index (χ4n) is 3.49. The fraction of sp³-hybridized carbons (Fsp3) is 0.240. The van der Waals surface area contributed by atoms with Crippen LogP contribution in [0.25, 0.3) is 0 Å². The summed E-state index contributed by atoms with van der Waals surface area (Å²) in [5, 5.41) is 2.86. The van der Waals surface area contributed by atoms with Crippen LogP contribution in [-0.4, -0.2) is 35.1 Å². The first kappa shape index (κ1) is 24.1. The molecular weight excluding hydrogens is 440 g/mol. The second kappa shape index (κ2) is 9.95. The molecule has 3 aromatic carbocycles. The number of aryl methyl sites for hydroxylation is 3. The molecule has 0 aliphatic carbocycles. The third-order valence-electron chi connectivity index (χ3n) is 5.28. The topological polar surface area (TPSA) is 84.9 Å². The van der Waals surface area contributed by atoms with Crippen molar-refractivity contribution in [1.82, 2.24) is 0 Å².